The highest BCUT2D eigenvalue weighted by molar-refractivity contribution is 7.83. The summed E-state index contributed by atoms with van der Waals surface area (Å²) < 4.78 is 36.4. The number of benzene rings is 1. The van der Waals surface area contributed by atoms with Crippen LogP contribution in [0.5, 0.6) is 0 Å². The maximum Gasteiger partial charge on any atom is 0.374 e. The number of thiazole rings is 1. The fourth-order valence-electron chi connectivity index (χ4n) is 2.33. The SMILES string of the molecule is O=S(=O)(F)N1CCC(Nc2nc3ccccc3s2)CC1. The summed E-state index contributed by atoms with van der Waals surface area (Å²) in [6.45, 7) is 0.419. The van der Waals surface area contributed by atoms with Crippen LogP contribution in [-0.4, -0.2) is 36.8 Å². The summed E-state index contributed by atoms with van der Waals surface area (Å²) in [6, 6.07) is 8.01. The largest absolute Gasteiger partial charge is 0.374 e. The van der Waals surface area contributed by atoms with Crippen molar-refractivity contribution in [2.45, 2.75) is 18.9 Å². The number of halogens is 1. The first-order valence-corrected chi connectivity index (χ1v) is 8.50. The number of fused-ring (bicyclic) bond motifs is 1. The van der Waals surface area contributed by atoms with Crippen LogP contribution in [0.15, 0.2) is 24.3 Å². The highest BCUT2D eigenvalue weighted by Crippen LogP contribution is 2.27. The van der Waals surface area contributed by atoms with Crippen LogP contribution in [-0.2, 0) is 10.4 Å². The van der Waals surface area contributed by atoms with E-state index in [0.717, 1.165) is 19.7 Å². The number of anilines is 1. The van der Waals surface area contributed by atoms with E-state index in [4.69, 9.17) is 0 Å². The molecule has 108 valence electrons. The summed E-state index contributed by atoms with van der Waals surface area (Å²) >= 11 is 1.57. The summed E-state index contributed by atoms with van der Waals surface area (Å²) in [5.41, 5.74) is 0.948. The fourth-order valence-corrected chi connectivity index (χ4v) is 3.92. The van der Waals surface area contributed by atoms with E-state index in [9.17, 15) is 12.3 Å². The number of hydrogen-bond donors (Lipinski definition) is 1. The average molecular weight is 315 g/mol. The average Bonchev–Trinajstić information content (AvgIpc) is 2.80. The zero-order valence-corrected chi connectivity index (χ0v) is 12.3. The molecule has 5 nitrogen and oxygen atoms in total. The van der Waals surface area contributed by atoms with Crippen molar-refractivity contribution in [3.05, 3.63) is 24.3 Å². The van der Waals surface area contributed by atoms with Crippen LogP contribution in [0.25, 0.3) is 10.2 Å². The molecule has 0 amide bonds. The Balaban J connectivity index is 1.65. The molecule has 1 aromatic heterocycles. The molecule has 0 unspecified atom stereocenters. The first kappa shape index (κ1) is 13.7. The van der Waals surface area contributed by atoms with Gasteiger partial charge in [-0.05, 0) is 25.0 Å². The zero-order valence-electron chi connectivity index (χ0n) is 10.6. The van der Waals surface area contributed by atoms with Gasteiger partial charge in [0.05, 0.1) is 10.2 Å². The van der Waals surface area contributed by atoms with Crippen molar-refractivity contribution >= 4 is 37.1 Å². The van der Waals surface area contributed by atoms with Gasteiger partial charge in [0.15, 0.2) is 5.13 Å². The van der Waals surface area contributed by atoms with Crippen LogP contribution >= 0.6 is 11.3 Å². The summed E-state index contributed by atoms with van der Waals surface area (Å²) in [5, 5.41) is 4.13. The monoisotopic (exact) mass is 315 g/mol. The van der Waals surface area contributed by atoms with Gasteiger partial charge in [-0.2, -0.15) is 12.7 Å². The van der Waals surface area contributed by atoms with Crippen molar-refractivity contribution in [1.29, 1.82) is 0 Å². The molecular formula is C12H14FN3O2S2. The zero-order chi connectivity index (χ0) is 14.2. The topological polar surface area (TPSA) is 62.3 Å². The van der Waals surface area contributed by atoms with E-state index >= 15 is 0 Å². The van der Waals surface area contributed by atoms with Gasteiger partial charge in [-0.15, -0.1) is 0 Å². The lowest BCUT2D eigenvalue weighted by atomic mass is 10.1. The number of piperidine rings is 1. The highest BCUT2D eigenvalue weighted by Gasteiger charge is 2.27. The Morgan fingerprint density at radius 2 is 2.00 bits per heavy atom. The lowest BCUT2D eigenvalue weighted by Gasteiger charge is -2.28. The molecule has 0 aliphatic carbocycles. The molecule has 0 saturated carbocycles. The van der Waals surface area contributed by atoms with E-state index < -0.39 is 10.4 Å². The van der Waals surface area contributed by atoms with Gasteiger partial charge in [-0.3, -0.25) is 0 Å². The molecule has 3 rings (SSSR count). The van der Waals surface area contributed by atoms with Gasteiger partial charge in [0.1, 0.15) is 0 Å². The second-order valence-corrected chi connectivity index (χ2v) is 7.12. The fraction of sp³-hybridized carbons (Fsp3) is 0.417. The molecular weight excluding hydrogens is 301 g/mol. The molecule has 1 saturated heterocycles. The van der Waals surface area contributed by atoms with Gasteiger partial charge in [0, 0.05) is 19.1 Å². The molecule has 2 aromatic rings. The Morgan fingerprint density at radius 3 is 2.65 bits per heavy atom. The van der Waals surface area contributed by atoms with E-state index in [2.05, 4.69) is 10.3 Å². The van der Waals surface area contributed by atoms with E-state index in [1.807, 2.05) is 24.3 Å². The van der Waals surface area contributed by atoms with Crippen molar-refractivity contribution in [1.82, 2.24) is 9.29 Å². The van der Waals surface area contributed by atoms with Crippen LogP contribution in [0.2, 0.25) is 0 Å². The lowest BCUT2D eigenvalue weighted by molar-refractivity contribution is 0.315. The third kappa shape index (κ3) is 2.92. The van der Waals surface area contributed by atoms with Crippen molar-refractivity contribution in [3.63, 3.8) is 0 Å². The number of rotatable bonds is 3. The molecule has 0 spiro atoms. The minimum atomic E-state index is -4.55. The normalized spacial score (nSPS) is 18.4. The van der Waals surface area contributed by atoms with Crippen LogP contribution < -0.4 is 5.32 Å². The standard InChI is InChI=1S/C12H14FN3O2S2/c13-20(17,18)16-7-5-9(6-8-16)14-12-15-10-3-1-2-4-11(10)19-12/h1-4,9H,5-8H2,(H,14,15). The Bertz CT molecular complexity index is 675. The maximum atomic E-state index is 12.8. The molecule has 1 aromatic carbocycles. The van der Waals surface area contributed by atoms with Gasteiger partial charge in [0.25, 0.3) is 0 Å². The molecule has 8 heteroatoms. The summed E-state index contributed by atoms with van der Waals surface area (Å²) in [5.74, 6) is 0. The predicted octanol–water partition coefficient (Wildman–Crippen LogP) is 2.39. The van der Waals surface area contributed by atoms with Crippen molar-refractivity contribution in [2.75, 3.05) is 18.4 Å². The molecule has 0 atom stereocenters. The summed E-state index contributed by atoms with van der Waals surface area (Å²) in [6.07, 6.45) is 1.16. The predicted molar refractivity (Wildman–Crippen MR) is 77.9 cm³/mol. The smallest absolute Gasteiger partial charge is 0.359 e. The molecule has 0 bridgehead atoms. The Hall–Kier alpha value is -1.25. The minimum absolute atomic E-state index is 0.133. The van der Waals surface area contributed by atoms with E-state index in [1.165, 1.54) is 0 Å². The minimum Gasteiger partial charge on any atom is -0.359 e. The van der Waals surface area contributed by atoms with Gasteiger partial charge < -0.3 is 5.32 Å². The summed E-state index contributed by atoms with van der Waals surface area (Å²) in [4.78, 5) is 4.48. The second kappa shape index (κ2) is 5.27. The Labute approximate surface area is 120 Å². The van der Waals surface area contributed by atoms with Crippen molar-refractivity contribution in [3.8, 4) is 0 Å². The molecule has 1 N–H and O–H groups in total. The van der Waals surface area contributed by atoms with E-state index in [0.29, 0.717) is 12.8 Å². The van der Waals surface area contributed by atoms with Gasteiger partial charge in [0.2, 0.25) is 0 Å². The van der Waals surface area contributed by atoms with Gasteiger partial charge in [-0.25, -0.2) is 4.98 Å². The van der Waals surface area contributed by atoms with Crippen molar-refractivity contribution in [2.24, 2.45) is 0 Å². The molecule has 20 heavy (non-hydrogen) atoms. The van der Waals surface area contributed by atoms with Crippen LogP contribution in [0.1, 0.15) is 12.8 Å². The first-order valence-electron chi connectivity index (χ1n) is 6.34. The van der Waals surface area contributed by atoms with Crippen molar-refractivity contribution < 1.29 is 12.3 Å². The first-order chi connectivity index (χ1) is 9.52. The highest BCUT2D eigenvalue weighted by atomic mass is 32.3. The number of hydrogen-bond acceptors (Lipinski definition) is 5. The lowest BCUT2D eigenvalue weighted by Crippen LogP contribution is -2.40. The van der Waals surface area contributed by atoms with Gasteiger partial charge in [-0.1, -0.05) is 27.4 Å². The van der Waals surface area contributed by atoms with E-state index in [-0.39, 0.29) is 19.1 Å². The molecule has 1 aliphatic heterocycles. The maximum absolute atomic E-state index is 12.8. The second-order valence-electron chi connectivity index (χ2n) is 4.75. The Morgan fingerprint density at radius 1 is 1.30 bits per heavy atom. The molecule has 1 fully saturated rings. The van der Waals surface area contributed by atoms with Crippen LogP contribution in [0.3, 0.4) is 0 Å². The number of nitrogens with one attached hydrogen (secondary N) is 1. The summed E-state index contributed by atoms with van der Waals surface area (Å²) in [7, 11) is -4.55. The quantitative estimate of drug-likeness (QED) is 0.884. The molecule has 0 radical (unpaired) electrons. The third-order valence-electron chi connectivity index (χ3n) is 3.38. The van der Waals surface area contributed by atoms with Crippen LogP contribution in [0, 0.1) is 0 Å². The number of aromatic nitrogens is 1. The third-order valence-corrected chi connectivity index (χ3v) is 5.33. The molecule has 1 aliphatic rings. The Kier molecular flexibility index (Phi) is 3.61. The number of nitrogens with zero attached hydrogens (tertiary/aromatic N) is 2. The van der Waals surface area contributed by atoms with Gasteiger partial charge >= 0.3 is 10.4 Å². The molecule has 2 heterocycles. The van der Waals surface area contributed by atoms with E-state index in [1.54, 1.807) is 11.3 Å². The number of para-hydroxylation sites is 1. The van der Waals surface area contributed by atoms with Crippen LogP contribution in [0.4, 0.5) is 9.02 Å².